The van der Waals surface area contributed by atoms with Gasteiger partial charge in [-0.15, -0.1) is 0 Å². The number of sulfonamides is 1. The quantitative estimate of drug-likeness (QED) is 0.862. The normalized spacial score (nSPS) is 18.5. The Kier molecular flexibility index (Phi) is 5.65. The van der Waals surface area contributed by atoms with Crippen LogP contribution >= 0.6 is 11.6 Å². The van der Waals surface area contributed by atoms with Gasteiger partial charge in [-0.1, -0.05) is 35.4 Å². The number of amides is 1. The van der Waals surface area contributed by atoms with E-state index in [1.807, 2.05) is 6.92 Å². The van der Waals surface area contributed by atoms with Crippen LogP contribution in [0.5, 0.6) is 0 Å². The van der Waals surface area contributed by atoms with Crippen LogP contribution in [-0.4, -0.2) is 31.7 Å². The standard InChI is InChI=1S/C19H21ClN2O3S/c1-14-7-9-18(10-8-14)26(24,25)22-11-3-4-15(13-22)19(23)21-17-6-2-5-16(20)12-17/h2,5-10,12,15H,3-4,11,13H2,1H3,(H,21,23)/t15-/m0/s1. The molecule has 3 rings (SSSR count). The third kappa shape index (κ3) is 4.26. The molecule has 2 aromatic carbocycles. The van der Waals surface area contributed by atoms with Crippen molar-refractivity contribution in [3.05, 3.63) is 59.1 Å². The molecule has 0 spiro atoms. The number of rotatable bonds is 4. The predicted octanol–water partition coefficient (Wildman–Crippen LogP) is 3.69. The molecule has 5 nitrogen and oxygen atoms in total. The van der Waals surface area contributed by atoms with Crippen molar-refractivity contribution in [2.75, 3.05) is 18.4 Å². The zero-order chi connectivity index (χ0) is 18.7. The Hall–Kier alpha value is -1.89. The predicted molar refractivity (Wildman–Crippen MR) is 103 cm³/mol. The van der Waals surface area contributed by atoms with Gasteiger partial charge in [0.25, 0.3) is 0 Å². The first-order chi connectivity index (χ1) is 12.4. The van der Waals surface area contributed by atoms with Crippen LogP contribution in [0.4, 0.5) is 5.69 Å². The van der Waals surface area contributed by atoms with Crippen LogP contribution in [-0.2, 0) is 14.8 Å². The lowest BCUT2D eigenvalue weighted by atomic mass is 9.99. The van der Waals surface area contributed by atoms with E-state index in [0.29, 0.717) is 30.1 Å². The van der Waals surface area contributed by atoms with E-state index in [1.54, 1.807) is 48.5 Å². The molecule has 0 bridgehead atoms. The summed E-state index contributed by atoms with van der Waals surface area (Å²) < 4.78 is 27.1. The van der Waals surface area contributed by atoms with Crippen molar-refractivity contribution in [1.29, 1.82) is 0 Å². The average Bonchev–Trinajstić information content (AvgIpc) is 2.62. The van der Waals surface area contributed by atoms with Crippen molar-refractivity contribution >= 4 is 33.2 Å². The second kappa shape index (κ2) is 7.78. The van der Waals surface area contributed by atoms with Gasteiger partial charge in [0.1, 0.15) is 0 Å². The van der Waals surface area contributed by atoms with Gasteiger partial charge < -0.3 is 5.32 Å². The topological polar surface area (TPSA) is 66.5 Å². The van der Waals surface area contributed by atoms with E-state index in [2.05, 4.69) is 5.32 Å². The summed E-state index contributed by atoms with van der Waals surface area (Å²) in [5, 5.41) is 3.36. The van der Waals surface area contributed by atoms with Crippen molar-refractivity contribution < 1.29 is 13.2 Å². The lowest BCUT2D eigenvalue weighted by Gasteiger charge is -2.31. The third-order valence-electron chi connectivity index (χ3n) is 4.51. The fraction of sp³-hybridized carbons (Fsp3) is 0.316. The summed E-state index contributed by atoms with van der Waals surface area (Å²) in [5.74, 6) is -0.570. The first kappa shape index (κ1) is 18.9. The van der Waals surface area contributed by atoms with E-state index in [1.165, 1.54) is 4.31 Å². The minimum atomic E-state index is -3.59. The van der Waals surface area contributed by atoms with Crippen LogP contribution in [0.15, 0.2) is 53.4 Å². The fourth-order valence-electron chi connectivity index (χ4n) is 3.04. The maximum Gasteiger partial charge on any atom is 0.243 e. The fourth-order valence-corrected chi connectivity index (χ4v) is 4.76. The van der Waals surface area contributed by atoms with E-state index >= 15 is 0 Å². The number of benzene rings is 2. The lowest BCUT2D eigenvalue weighted by Crippen LogP contribution is -2.43. The molecule has 26 heavy (non-hydrogen) atoms. The highest BCUT2D eigenvalue weighted by Crippen LogP contribution is 2.25. The van der Waals surface area contributed by atoms with E-state index in [4.69, 9.17) is 11.6 Å². The Morgan fingerprint density at radius 2 is 1.92 bits per heavy atom. The highest BCUT2D eigenvalue weighted by molar-refractivity contribution is 7.89. The molecule has 1 aliphatic heterocycles. The van der Waals surface area contributed by atoms with E-state index in [0.717, 1.165) is 5.56 Å². The summed E-state index contributed by atoms with van der Waals surface area (Å²) in [5.41, 5.74) is 1.61. The largest absolute Gasteiger partial charge is 0.326 e. The number of hydrogen-bond donors (Lipinski definition) is 1. The number of aryl methyl sites for hydroxylation is 1. The van der Waals surface area contributed by atoms with Gasteiger partial charge in [0.15, 0.2) is 0 Å². The summed E-state index contributed by atoms with van der Waals surface area (Å²) in [6.07, 6.45) is 1.31. The number of piperidine rings is 1. The van der Waals surface area contributed by atoms with Gasteiger partial charge in [-0.25, -0.2) is 8.42 Å². The Bertz CT molecular complexity index is 897. The summed E-state index contributed by atoms with van der Waals surface area (Å²) in [4.78, 5) is 12.8. The first-order valence-corrected chi connectivity index (χ1v) is 10.3. The molecule has 1 aliphatic rings. The SMILES string of the molecule is Cc1ccc(S(=O)(=O)N2CCC[C@H](C(=O)Nc3cccc(Cl)c3)C2)cc1. The molecule has 0 aromatic heterocycles. The molecule has 1 N–H and O–H groups in total. The molecule has 138 valence electrons. The molecule has 0 unspecified atom stereocenters. The smallest absolute Gasteiger partial charge is 0.243 e. The summed E-state index contributed by atoms with van der Waals surface area (Å²) in [6.45, 7) is 2.52. The molecule has 1 saturated heterocycles. The summed E-state index contributed by atoms with van der Waals surface area (Å²) in [7, 11) is -3.59. The zero-order valence-electron chi connectivity index (χ0n) is 14.5. The highest BCUT2D eigenvalue weighted by atomic mass is 35.5. The molecular weight excluding hydrogens is 372 g/mol. The molecule has 1 atom stereocenters. The van der Waals surface area contributed by atoms with Gasteiger partial charge in [-0.05, 0) is 50.1 Å². The van der Waals surface area contributed by atoms with Crippen molar-refractivity contribution in [3.8, 4) is 0 Å². The van der Waals surface area contributed by atoms with E-state index < -0.39 is 10.0 Å². The zero-order valence-corrected chi connectivity index (χ0v) is 16.1. The highest BCUT2D eigenvalue weighted by Gasteiger charge is 2.33. The van der Waals surface area contributed by atoms with Crippen LogP contribution < -0.4 is 5.32 Å². The second-order valence-corrected chi connectivity index (χ2v) is 8.89. The minimum Gasteiger partial charge on any atom is -0.326 e. The molecule has 1 fully saturated rings. The maximum absolute atomic E-state index is 12.8. The number of nitrogens with zero attached hydrogens (tertiary/aromatic N) is 1. The lowest BCUT2D eigenvalue weighted by molar-refractivity contribution is -0.120. The molecule has 1 amide bonds. The Labute approximate surface area is 159 Å². The molecule has 0 radical (unpaired) electrons. The number of hydrogen-bond acceptors (Lipinski definition) is 3. The molecular formula is C19H21ClN2O3S. The van der Waals surface area contributed by atoms with Crippen molar-refractivity contribution in [2.45, 2.75) is 24.7 Å². The monoisotopic (exact) mass is 392 g/mol. The second-order valence-electron chi connectivity index (χ2n) is 6.51. The summed E-state index contributed by atoms with van der Waals surface area (Å²) >= 11 is 5.94. The van der Waals surface area contributed by atoms with E-state index in [-0.39, 0.29) is 23.3 Å². The van der Waals surface area contributed by atoms with Crippen molar-refractivity contribution in [3.63, 3.8) is 0 Å². The van der Waals surface area contributed by atoms with Gasteiger partial charge >= 0.3 is 0 Å². The minimum absolute atomic E-state index is 0.183. The Balaban J connectivity index is 1.72. The van der Waals surface area contributed by atoms with Crippen LogP contribution in [0.1, 0.15) is 18.4 Å². The number of nitrogens with one attached hydrogen (secondary N) is 1. The van der Waals surface area contributed by atoms with Crippen LogP contribution in [0, 0.1) is 12.8 Å². The van der Waals surface area contributed by atoms with Gasteiger partial charge in [0.2, 0.25) is 15.9 Å². The van der Waals surface area contributed by atoms with Crippen molar-refractivity contribution in [1.82, 2.24) is 4.31 Å². The maximum atomic E-state index is 12.8. The first-order valence-electron chi connectivity index (χ1n) is 8.49. The number of carbonyl (C=O) groups is 1. The molecule has 7 heteroatoms. The molecule has 1 heterocycles. The van der Waals surface area contributed by atoms with Gasteiger partial charge in [-0.2, -0.15) is 4.31 Å². The third-order valence-corrected chi connectivity index (χ3v) is 6.62. The number of carbonyl (C=O) groups excluding carboxylic acids is 1. The van der Waals surface area contributed by atoms with E-state index in [9.17, 15) is 13.2 Å². The summed E-state index contributed by atoms with van der Waals surface area (Å²) in [6, 6.07) is 13.7. The van der Waals surface area contributed by atoms with Gasteiger partial charge in [-0.3, -0.25) is 4.79 Å². The molecule has 0 aliphatic carbocycles. The molecule has 2 aromatic rings. The Morgan fingerprint density at radius 3 is 2.62 bits per heavy atom. The molecule has 0 saturated carbocycles. The van der Waals surface area contributed by atoms with Crippen molar-refractivity contribution in [2.24, 2.45) is 5.92 Å². The van der Waals surface area contributed by atoms with Crippen LogP contribution in [0.3, 0.4) is 0 Å². The Morgan fingerprint density at radius 1 is 1.19 bits per heavy atom. The van der Waals surface area contributed by atoms with Crippen LogP contribution in [0.2, 0.25) is 5.02 Å². The van der Waals surface area contributed by atoms with Crippen LogP contribution in [0.25, 0.3) is 0 Å². The van der Waals surface area contributed by atoms with Gasteiger partial charge in [0, 0.05) is 23.8 Å². The van der Waals surface area contributed by atoms with Gasteiger partial charge in [0.05, 0.1) is 10.8 Å². The number of halogens is 1. The number of anilines is 1. The average molecular weight is 393 g/mol.